The summed E-state index contributed by atoms with van der Waals surface area (Å²) in [5.41, 5.74) is 3.47. The van der Waals surface area contributed by atoms with Crippen molar-refractivity contribution >= 4 is 18.5 Å². The number of alkyl halides is 6. The summed E-state index contributed by atoms with van der Waals surface area (Å²) in [6.07, 6.45) is -3.52. The van der Waals surface area contributed by atoms with Crippen LogP contribution >= 0.6 is 12.4 Å². The molecule has 84 heavy (non-hydrogen) atoms. The lowest BCUT2D eigenvalue weighted by atomic mass is 10.1. The lowest BCUT2D eigenvalue weighted by molar-refractivity contribution is -0.138. The highest BCUT2D eigenvalue weighted by atomic mass is 35.5. The number of carbonyl (C=O) groups excluding carboxylic acids is 1. The van der Waals surface area contributed by atoms with Gasteiger partial charge in [-0.3, -0.25) is 27.9 Å². The first-order valence-electron chi connectivity index (χ1n) is 26.2. The third kappa shape index (κ3) is 14.9. The number of nitrogens with one attached hydrogen (secondary N) is 1. The Balaban J connectivity index is 0.000000270. The zero-order valence-corrected chi connectivity index (χ0v) is 47.1. The first-order valence-corrected chi connectivity index (χ1v) is 26.2. The fourth-order valence-corrected chi connectivity index (χ4v) is 9.16. The average Bonchev–Trinajstić information content (AvgIpc) is 1.74. The summed E-state index contributed by atoms with van der Waals surface area (Å²) in [4.78, 5) is 66.9. The predicted octanol–water partition coefficient (Wildman–Crippen LogP) is 10.3. The normalized spacial score (nSPS) is 11.5. The Hall–Kier alpha value is -9.26. The minimum Gasteiger partial charge on any atom is -0.444 e. The van der Waals surface area contributed by atoms with Gasteiger partial charge in [-0.1, -0.05) is 18.6 Å². The van der Waals surface area contributed by atoms with E-state index in [-0.39, 0.29) is 59.4 Å². The second kappa shape index (κ2) is 27.2. The lowest BCUT2D eigenvalue weighted by Crippen LogP contribution is -2.41. The lowest BCUT2D eigenvalue weighted by Gasteiger charge is -2.20. The number of halogens is 7. The maximum atomic E-state index is 14.0. The van der Waals surface area contributed by atoms with Crippen molar-refractivity contribution in [2.45, 2.75) is 104 Å². The van der Waals surface area contributed by atoms with Gasteiger partial charge in [0.1, 0.15) is 5.60 Å². The molecule has 0 unspecified atom stereocenters. The molecule has 0 atom stereocenters. The SMILES string of the molecule is Cc1c(-c2ccnn2-c2ccc(C#N)cc2)c(=O)n(CCCCCN)c(=O)n1-c1cccc(C(F)(F)F)c1.Cc1c(-c2ccnn2-c2ccc(C#N)cc2)c(=O)n(CCCCCNC(=O)OC(C)(C)C)c(=O)n1-c1cccc(C(F)(F)F)c1.Cl. The predicted molar refractivity (Wildman–Crippen MR) is 305 cm³/mol. The molecule has 4 heterocycles. The fraction of sp³-hybridized carbons (Fsp3) is 0.305. The maximum Gasteiger partial charge on any atom is 0.416 e. The first kappa shape index (κ1) is 63.9. The number of hydrogen-bond acceptors (Lipinski definition) is 11. The van der Waals surface area contributed by atoms with Crippen molar-refractivity contribution in [3.8, 4) is 57.4 Å². The number of carbonyl (C=O) groups is 1. The van der Waals surface area contributed by atoms with Crippen molar-refractivity contribution in [2.75, 3.05) is 13.1 Å². The van der Waals surface area contributed by atoms with Crippen LogP contribution in [-0.2, 0) is 30.2 Å². The van der Waals surface area contributed by atoms with E-state index in [2.05, 4.69) is 15.5 Å². The molecule has 0 fully saturated rings. The summed E-state index contributed by atoms with van der Waals surface area (Å²) in [7, 11) is 0. The molecule has 440 valence electrons. The van der Waals surface area contributed by atoms with Crippen LogP contribution in [0.5, 0.6) is 0 Å². The van der Waals surface area contributed by atoms with Gasteiger partial charge in [0.15, 0.2) is 0 Å². The fourth-order valence-electron chi connectivity index (χ4n) is 9.16. The molecule has 4 aromatic carbocycles. The standard InChI is InChI=1S/C32H33F3N6O4.C27H25F3N6O2.ClH/c1-21-27(26-15-17-38-41(26)24-13-11-22(20-36)12-14-24)28(42)39(18-7-5-6-16-37-29(43)45-31(2,3)4)30(44)40(21)25-10-8-9-23(19-25)32(33,34)35;1-18-24(23-12-14-33-36(23)21-10-8-19(17-32)9-11-21)25(37)34(15-4-2-3-13-31)26(38)35(18)22-7-5-6-20(16-22)27(28,29)30;/h8-15,17,19H,5-7,16,18H2,1-4H3,(H,37,43);5-12,14,16H,2-4,13,15,31H2,1H3;1H. The summed E-state index contributed by atoms with van der Waals surface area (Å²) < 4.78 is 93.8. The highest BCUT2D eigenvalue weighted by Gasteiger charge is 2.33. The second-order valence-corrected chi connectivity index (χ2v) is 20.1. The average molecular weight is 1180 g/mol. The van der Waals surface area contributed by atoms with Crippen molar-refractivity contribution in [1.29, 1.82) is 10.5 Å². The molecule has 0 saturated heterocycles. The molecule has 0 radical (unpaired) electrons. The summed E-state index contributed by atoms with van der Waals surface area (Å²) in [6.45, 7) is 9.13. The van der Waals surface area contributed by atoms with E-state index in [9.17, 15) is 50.3 Å². The van der Waals surface area contributed by atoms with Gasteiger partial charge in [-0.05, 0) is 170 Å². The summed E-state index contributed by atoms with van der Waals surface area (Å²) >= 11 is 0. The molecular formula is C59H59ClF6N12O6. The monoisotopic (exact) mass is 1180 g/mol. The van der Waals surface area contributed by atoms with Gasteiger partial charge >= 0.3 is 29.8 Å². The largest absolute Gasteiger partial charge is 0.444 e. The molecule has 0 aliphatic carbocycles. The molecule has 18 nitrogen and oxygen atoms in total. The van der Waals surface area contributed by atoms with Crippen LogP contribution in [0.15, 0.2) is 141 Å². The molecule has 0 spiro atoms. The smallest absolute Gasteiger partial charge is 0.416 e. The molecule has 25 heteroatoms. The number of aromatic nitrogens is 8. The summed E-state index contributed by atoms with van der Waals surface area (Å²) in [5.74, 6) is 0. The van der Waals surface area contributed by atoms with Crippen molar-refractivity contribution in [3.63, 3.8) is 0 Å². The third-order valence-corrected chi connectivity index (χ3v) is 13.1. The molecule has 1 amide bonds. The number of nitrogens with two attached hydrogens (primary N) is 1. The van der Waals surface area contributed by atoms with Gasteiger partial charge in [-0.25, -0.2) is 23.7 Å². The Morgan fingerprint density at radius 3 is 1.36 bits per heavy atom. The van der Waals surface area contributed by atoms with E-state index >= 15 is 0 Å². The highest BCUT2D eigenvalue weighted by molar-refractivity contribution is 5.85. The van der Waals surface area contributed by atoms with Gasteiger partial charge in [-0.2, -0.15) is 47.1 Å². The maximum absolute atomic E-state index is 14.0. The van der Waals surface area contributed by atoms with E-state index in [0.717, 1.165) is 42.5 Å². The topological polar surface area (TPSA) is 236 Å². The van der Waals surface area contributed by atoms with E-state index in [0.29, 0.717) is 85.5 Å². The van der Waals surface area contributed by atoms with E-state index in [4.69, 9.17) is 21.0 Å². The molecule has 3 N–H and O–H groups in total. The van der Waals surface area contributed by atoms with Crippen molar-refractivity contribution < 1.29 is 35.9 Å². The number of rotatable bonds is 17. The van der Waals surface area contributed by atoms with Gasteiger partial charge in [0.2, 0.25) is 0 Å². The van der Waals surface area contributed by atoms with Crippen LogP contribution in [-0.4, -0.2) is 62.6 Å². The minimum absolute atomic E-state index is 0. The number of benzene rings is 4. The number of amides is 1. The van der Waals surface area contributed by atoms with E-state index in [1.54, 1.807) is 81.4 Å². The molecule has 8 aromatic rings. The first-order chi connectivity index (χ1) is 39.4. The molecular weight excluding hydrogens is 1120 g/mol. The van der Waals surface area contributed by atoms with E-state index in [1.807, 2.05) is 12.1 Å². The molecule has 8 rings (SSSR count). The second-order valence-electron chi connectivity index (χ2n) is 20.1. The van der Waals surface area contributed by atoms with Gasteiger partial charge in [0.25, 0.3) is 11.1 Å². The molecule has 0 saturated carbocycles. The minimum atomic E-state index is -4.65. The quantitative estimate of drug-likeness (QED) is 0.0642. The van der Waals surface area contributed by atoms with Crippen LogP contribution in [0.1, 0.15) is 92.9 Å². The summed E-state index contributed by atoms with van der Waals surface area (Å²) in [5, 5.41) is 29.6. The number of nitriles is 2. The van der Waals surface area contributed by atoms with Crippen LogP contribution < -0.4 is 33.5 Å². The van der Waals surface area contributed by atoms with E-state index in [1.165, 1.54) is 59.9 Å². The Morgan fingerprint density at radius 1 is 0.583 bits per heavy atom. The highest BCUT2D eigenvalue weighted by Crippen LogP contribution is 2.33. The molecule has 0 aliphatic heterocycles. The molecule has 4 aromatic heterocycles. The van der Waals surface area contributed by atoms with Crippen LogP contribution in [0.4, 0.5) is 31.1 Å². The number of ether oxygens (including phenoxy) is 1. The van der Waals surface area contributed by atoms with Crippen molar-refractivity contribution in [3.05, 3.63) is 197 Å². The van der Waals surface area contributed by atoms with Crippen molar-refractivity contribution in [1.82, 2.24) is 43.1 Å². The molecule has 0 aliphatic rings. The van der Waals surface area contributed by atoms with Gasteiger partial charge < -0.3 is 15.8 Å². The zero-order chi connectivity index (χ0) is 60.4. The van der Waals surface area contributed by atoms with Crippen LogP contribution in [0.2, 0.25) is 0 Å². The number of nitrogens with zero attached hydrogens (tertiary/aromatic N) is 10. The van der Waals surface area contributed by atoms with Crippen LogP contribution in [0, 0.1) is 36.5 Å². The number of unbranched alkanes of at least 4 members (excludes halogenated alkanes) is 4. The zero-order valence-electron chi connectivity index (χ0n) is 46.3. The van der Waals surface area contributed by atoms with Gasteiger partial charge in [0.05, 0.1) is 92.1 Å². The van der Waals surface area contributed by atoms with Crippen LogP contribution in [0.3, 0.4) is 0 Å². The Kier molecular flexibility index (Phi) is 20.7. The summed E-state index contributed by atoms with van der Waals surface area (Å²) in [6, 6.07) is 29.1. The van der Waals surface area contributed by atoms with Crippen molar-refractivity contribution in [2.24, 2.45) is 5.73 Å². The Bertz CT molecular complexity index is 3970. The van der Waals surface area contributed by atoms with Gasteiger partial charge in [0, 0.05) is 31.0 Å². The van der Waals surface area contributed by atoms with E-state index < -0.39 is 57.7 Å². The Morgan fingerprint density at radius 2 is 0.988 bits per heavy atom. The molecule has 0 bridgehead atoms. The number of hydrogen-bond donors (Lipinski definition) is 2. The Labute approximate surface area is 483 Å². The van der Waals surface area contributed by atoms with Crippen LogP contribution in [0.25, 0.3) is 45.3 Å². The third-order valence-electron chi connectivity index (χ3n) is 13.1. The number of alkyl carbamates (subject to hydrolysis) is 1. The van der Waals surface area contributed by atoms with Gasteiger partial charge in [-0.15, -0.1) is 12.4 Å².